The summed E-state index contributed by atoms with van der Waals surface area (Å²) in [6.07, 6.45) is 1.62. The van der Waals surface area contributed by atoms with E-state index in [-0.39, 0.29) is 0 Å². The van der Waals surface area contributed by atoms with Crippen LogP contribution in [0.3, 0.4) is 0 Å². The Hall–Kier alpha value is -2.10. The molecule has 0 fully saturated rings. The van der Waals surface area contributed by atoms with E-state index in [4.69, 9.17) is 19.6 Å². The number of methoxy groups -OCH3 is 2. The second kappa shape index (κ2) is 4.18. The zero-order valence-electron chi connectivity index (χ0n) is 9.19. The smallest absolute Gasteiger partial charge is 0.146 e. The number of benzene rings is 1. The Morgan fingerprint density at radius 1 is 1.12 bits per heavy atom. The first-order valence-corrected chi connectivity index (χ1v) is 4.81. The minimum Gasteiger partial charge on any atom is -0.494 e. The minimum absolute atomic E-state index is 0.486. The van der Waals surface area contributed by atoms with Gasteiger partial charge in [0.25, 0.3) is 0 Å². The molecule has 84 valence electrons. The maximum atomic E-state index is 5.85. The van der Waals surface area contributed by atoms with Crippen LogP contribution in [0.5, 0.6) is 11.5 Å². The van der Waals surface area contributed by atoms with Crippen molar-refractivity contribution in [3.05, 3.63) is 30.5 Å². The second-order valence-electron chi connectivity index (χ2n) is 3.27. The van der Waals surface area contributed by atoms with E-state index in [1.807, 2.05) is 24.3 Å². The van der Waals surface area contributed by atoms with Crippen molar-refractivity contribution in [2.24, 2.45) is 0 Å². The molecule has 0 amide bonds. The lowest BCUT2D eigenvalue weighted by Crippen LogP contribution is -1.97. The standard InChI is InChI=1S/C12H13NO3/c1-14-10-6-8(9-4-3-5-16-9)7-11(15-2)12(10)13/h3-7H,13H2,1-2H3. The van der Waals surface area contributed by atoms with Gasteiger partial charge in [-0.3, -0.25) is 0 Å². The summed E-state index contributed by atoms with van der Waals surface area (Å²) < 4.78 is 15.7. The summed E-state index contributed by atoms with van der Waals surface area (Å²) in [4.78, 5) is 0. The van der Waals surface area contributed by atoms with Gasteiger partial charge in [0.15, 0.2) is 0 Å². The van der Waals surface area contributed by atoms with Crippen LogP contribution in [0.2, 0.25) is 0 Å². The molecule has 2 aromatic rings. The molecular weight excluding hydrogens is 206 g/mol. The Morgan fingerprint density at radius 3 is 2.19 bits per heavy atom. The van der Waals surface area contributed by atoms with Crippen molar-refractivity contribution in [2.75, 3.05) is 20.0 Å². The minimum atomic E-state index is 0.486. The van der Waals surface area contributed by atoms with Crippen molar-refractivity contribution < 1.29 is 13.9 Å². The Bertz CT molecular complexity index is 452. The molecule has 0 saturated carbocycles. The van der Waals surface area contributed by atoms with E-state index in [0.29, 0.717) is 17.2 Å². The largest absolute Gasteiger partial charge is 0.494 e. The summed E-state index contributed by atoms with van der Waals surface area (Å²) in [6, 6.07) is 7.32. The molecule has 1 heterocycles. The van der Waals surface area contributed by atoms with Crippen molar-refractivity contribution in [3.8, 4) is 22.8 Å². The molecule has 0 atom stereocenters. The summed E-state index contributed by atoms with van der Waals surface area (Å²) in [5, 5.41) is 0. The van der Waals surface area contributed by atoms with E-state index < -0.39 is 0 Å². The molecule has 4 heteroatoms. The number of rotatable bonds is 3. The highest BCUT2D eigenvalue weighted by Gasteiger charge is 2.11. The Kier molecular flexibility index (Phi) is 2.72. The van der Waals surface area contributed by atoms with Crippen molar-refractivity contribution >= 4 is 5.69 Å². The highest BCUT2D eigenvalue weighted by atomic mass is 16.5. The van der Waals surface area contributed by atoms with Gasteiger partial charge in [-0.25, -0.2) is 0 Å². The van der Waals surface area contributed by atoms with Crippen LogP contribution in [0, 0.1) is 0 Å². The first kappa shape index (κ1) is 10.4. The van der Waals surface area contributed by atoms with Gasteiger partial charge in [-0.2, -0.15) is 0 Å². The van der Waals surface area contributed by atoms with Crippen LogP contribution >= 0.6 is 0 Å². The van der Waals surface area contributed by atoms with Gasteiger partial charge in [-0.05, 0) is 24.3 Å². The normalized spacial score (nSPS) is 10.1. The van der Waals surface area contributed by atoms with Gasteiger partial charge in [0, 0.05) is 5.56 Å². The van der Waals surface area contributed by atoms with Crippen molar-refractivity contribution in [1.82, 2.24) is 0 Å². The van der Waals surface area contributed by atoms with Gasteiger partial charge in [-0.1, -0.05) is 0 Å². The highest BCUT2D eigenvalue weighted by molar-refractivity contribution is 5.72. The molecule has 2 N–H and O–H groups in total. The van der Waals surface area contributed by atoms with Crippen LogP contribution in [0.15, 0.2) is 34.9 Å². The molecule has 0 bridgehead atoms. The predicted molar refractivity (Wildman–Crippen MR) is 61.7 cm³/mol. The third kappa shape index (κ3) is 1.69. The number of anilines is 1. The third-order valence-corrected chi connectivity index (χ3v) is 2.35. The fraction of sp³-hybridized carbons (Fsp3) is 0.167. The first-order valence-electron chi connectivity index (χ1n) is 4.81. The lowest BCUT2D eigenvalue weighted by Gasteiger charge is -2.11. The number of ether oxygens (including phenoxy) is 2. The highest BCUT2D eigenvalue weighted by Crippen LogP contribution is 2.37. The second-order valence-corrected chi connectivity index (χ2v) is 3.27. The summed E-state index contributed by atoms with van der Waals surface area (Å²) in [7, 11) is 3.13. The fourth-order valence-corrected chi connectivity index (χ4v) is 1.52. The molecule has 4 nitrogen and oxygen atoms in total. The van der Waals surface area contributed by atoms with E-state index in [0.717, 1.165) is 11.3 Å². The number of nitrogen functional groups attached to an aromatic ring is 1. The van der Waals surface area contributed by atoms with Crippen LogP contribution in [-0.2, 0) is 0 Å². The maximum absolute atomic E-state index is 5.85. The summed E-state index contributed by atoms with van der Waals surface area (Å²) >= 11 is 0. The van der Waals surface area contributed by atoms with E-state index >= 15 is 0 Å². The van der Waals surface area contributed by atoms with Crippen molar-refractivity contribution in [2.45, 2.75) is 0 Å². The zero-order valence-corrected chi connectivity index (χ0v) is 9.19. The number of hydrogen-bond donors (Lipinski definition) is 1. The molecule has 1 aromatic heterocycles. The molecule has 0 aliphatic heterocycles. The van der Waals surface area contributed by atoms with E-state index in [2.05, 4.69) is 0 Å². The molecule has 16 heavy (non-hydrogen) atoms. The summed E-state index contributed by atoms with van der Waals surface area (Å²) in [6.45, 7) is 0. The molecule has 0 spiro atoms. The number of furan rings is 1. The molecule has 0 aliphatic carbocycles. The van der Waals surface area contributed by atoms with Gasteiger partial charge in [0.2, 0.25) is 0 Å². The van der Waals surface area contributed by atoms with Crippen LogP contribution in [0.4, 0.5) is 5.69 Å². The lowest BCUT2D eigenvalue weighted by atomic mass is 10.1. The topological polar surface area (TPSA) is 57.6 Å². The zero-order chi connectivity index (χ0) is 11.5. The number of nitrogens with two attached hydrogens (primary N) is 1. The number of hydrogen-bond acceptors (Lipinski definition) is 4. The van der Waals surface area contributed by atoms with Gasteiger partial charge < -0.3 is 19.6 Å². The molecule has 0 saturated heterocycles. The summed E-state index contributed by atoms with van der Waals surface area (Å²) in [5.74, 6) is 1.90. The maximum Gasteiger partial charge on any atom is 0.146 e. The average Bonchev–Trinajstić information content (AvgIpc) is 2.83. The third-order valence-electron chi connectivity index (χ3n) is 2.35. The Morgan fingerprint density at radius 2 is 1.75 bits per heavy atom. The van der Waals surface area contributed by atoms with Gasteiger partial charge in [0.1, 0.15) is 22.9 Å². The first-order chi connectivity index (χ1) is 7.76. The predicted octanol–water partition coefficient (Wildman–Crippen LogP) is 2.55. The molecule has 0 radical (unpaired) electrons. The van der Waals surface area contributed by atoms with Gasteiger partial charge in [0.05, 0.1) is 20.5 Å². The SMILES string of the molecule is COc1cc(-c2ccco2)cc(OC)c1N. The van der Waals surface area contributed by atoms with Crippen LogP contribution in [0.25, 0.3) is 11.3 Å². The van der Waals surface area contributed by atoms with Crippen molar-refractivity contribution in [3.63, 3.8) is 0 Å². The van der Waals surface area contributed by atoms with Gasteiger partial charge >= 0.3 is 0 Å². The average molecular weight is 219 g/mol. The van der Waals surface area contributed by atoms with E-state index in [1.165, 1.54) is 0 Å². The lowest BCUT2D eigenvalue weighted by molar-refractivity contribution is 0.398. The fourth-order valence-electron chi connectivity index (χ4n) is 1.52. The molecule has 0 unspecified atom stereocenters. The van der Waals surface area contributed by atoms with Gasteiger partial charge in [-0.15, -0.1) is 0 Å². The monoisotopic (exact) mass is 219 g/mol. The van der Waals surface area contributed by atoms with E-state index in [1.54, 1.807) is 20.5 Å². The molecular formula is C12H13NO3. The van der Waals surface area contributed by atoms with E-state index in [9.17, 15) is 0 Å². The van der Waals surface area contributed by atoms with Crippen LogP contribution in [-0.4, -0.2) is 14.2 Å². The van der Waals surface area contributed by atoms with Crippen LogP contribution in [0.1, 0.15) is 0 Å². The molecule has 2 rings (SSSR count). The molecule has 1 aromatic carbocycles. The quantitative estimate of drug-likeness (QED) is 0.806. The summed E-state index contributed by atoms with van der Waals surface area (Å²) in [5.41, 5.74) is 7.20. The molecule has 0 aliphatic rings. The van der Waals surface area contributed by atoms with Crippen LogP contribution < -0.4 is 15.2 Å². The van der Waals surface area contributed by atoms with Crippen molar-refractivity contribution in [1.29, 1.82) is 0 Å². The Labute approximate surface area is 93.6 Å². The Balaban J connectivity index is 2.56.